The van der Waals surface area contributed by atoms with Gasteiger partial charge in [-0.1, -0.05) is 18.2 Å². The summed E-state index contributed by atoms with van der Waals surface area (Å²) >= 11 is 0. The number of benzene rings is 1. The molecule has 0 saturated heterocycles. The Kier molecular flexibility index (Phi) is 4.20. The van der Waals surface area contributed by atoms with Gasteiger partial charge in [0.15, 0.2) is 0 Å². The van der Waals surface area contributed by atoms with E-state index in [0.717, 1.165) is 13.0 Å². The third-order valence-corrected chi connectivity index (χ3v) is 3.40. The van der Waals surface area contributed by atoms with Crippen LogP contribution in [0.2, 0.25) is 0 Å². The number of fused-ring (bicyclic) bond motifs is 1. The van der Waals surface area contributed by atoms with Gasteiger partial charge in [-0.15, -0.1) is 0 Å². The fourth-order valence-electron chi connectivity index (χ4n) is 2.30. The molecule has 1 unspecified atom stereocenters. The van der Waals surface area contributed by atoms with E-state index in [1.807, 2.05) is 6.92 Å². The van der Waals surface area contributed by atoms with Gasteiger partial charge >= 0.3 is 0 Å². The van der Waals surface area contributed by atoms with Gasteiger partial charge in [-0.2, -0.15) is 0 Å². The maximum absolute atomic E-state index is 11.4. The lowest BCUT2D eigenvalue weighted by molar-refractivity contribution is -0.122. The molecule has 1 atom stereocenters. The van der Waals surface area contributed by atoms with E-state index in [1.54, 1.807) is 7.05 Å². The molecular formula is C14H21N3O. The number of rotatable bonds is 4. The second-order valence-corrected chi connectivity index (χ2v) is 4.70. The van der Waals surface area contributed by atoms with Crippen molar-refractivity contribution in [3.63, 3.8) is 0 Å². The van der Waals surface area contributed by atoms with Gasteiger partial charge in [-0.05, 0) is 30.9 Å². The van der Waals surface area contributed by atoms with Crippen molar-refractivity contribution in [1.29, 1.82) is 0 Å². The van der Waals surface area contributed by atoms with Crippen molar-refractivity contribution in [2.45, 2.75) is 32.4 Å². The van der Waals surface area contributed by atoms with Gasteiger partial charge in [0.25, 0.3) is 0 Å². The number of amides is 1. The van der Waals surface area contributed by atoms with Gasteiger partial charge in [0.2, 0.25) is 5.91 Å². The summed E-state index contributed by atoms with van der Waals surface area (Å²) in [5.41, 5.74) is 3.87. The van der Waals surface area contributed by atoms with Crippen LogP contribution in [0.25, 0.3) is 0 Å². The highest BCUT2D eigenvalue weighted by Crippen LogP contribution is 2.25. The fourth-order valence-corrected chi connectivity index (χ4v) is 2.30. The lowest BCUT2D eigenvalue weighted by Gasteiger charge is -2.22. The van der Waals surface area contributed by atoms with Crippen LogP contribution in [0.5, 0.6) is 0 Å². The zero-order valence-electron chi connectivity index (χ0n) is 11.0. The Hall–Kier alpha value is -1.55. The summed E-state index contributed by atoms with van der Waals surface area (Å²) in [6, 6.07) is 6.20. The first-order valence-corrected chi connectivity index (χ1v) is 6.52. The Bertz CT molecular complexity index is 431. The van der Waals surface area contributed by atoms with E-state index in [0.29, 0.717) is 6.54 Å². The molecule has 1 amide bonds. The molecular weight excluding hydrogens is 226 g/mol. The molecule has 0 fully saturated rings. The Morgan fingerprint density at radius 2 is 2.33 bits per heavy atom. The number of hydrogen-bond acceptors (Lipinski definition) is 3. The van der Waals surface area contributed by atoms with Crippen LogP contribution in [0.3, 0.4) is 0 Å². The van der Waals surface area contributed by atoms with Gasteiger partial charge in [0.1, 0.15) is 0 Å². The van der Waals surface area contributed by atoms with Gasteiger partial charge in [-0.3, -0.25) is 4.79 Å². The molecule has 98 valence electrons. The molecule has 0 aromatic heterocycles. The van der Waals surface area contributed by atoms with E-state index in [9.17, 15) is 4.79 Å². The molecule has 0 radical (unpaired) electrons. The lowest BCUT2D eigenvalue weighted by atomic mass is 9.99. The smallest absolute Gasteiger partial charge is 0.236 e. The van der Waals surface area contributed by atoms with Crippen LogP contribution in [-0.2, 0) is 17.8 Å². The zero-order valence-corrected chi connectivity index (χ0v) is 11.0. The summed E-state index contributed by atoms with van der Waals surface area (Å²) in [6.45, 7) is 3.63. The van der Waals surface area contributed by atoms with E-state index < -0.39 is 0 Å². The van der Waals surface area contributed by atoms with Crippen molar-refractivity contribution in [2.24, 2.45) is 0 Å². The maximum Gasteiger partial charge on any atom is 0.236 e. The molecule has 1 aliphatic heterocycles. The SMILES string of the molecule is CNC(=O)C(C)NCc1cccc2c1NCCC2. The minimum absolute atomic E-state index is 0.0211. The third-order valence-electron chi connectivity index (χ3n) is 3.40. The number of carbonyl (C=O) groups excluding carboxylic acids is 1. The van der Waals surface area contributed by atoms with Gasteiger partial charge < -0.3 is 16.0 Å². The highest BCUT2D eigenvalue weighted by molar-refractivity contribution is 5.80. The van der Waals surface area contributed by atoms with Gasteiger partial charge in [0.05, 0.1) is 6.04 Å². The van der Waals surface area contributed by atoms with Crippen LogP contribution in [0.1, 0.15) is 24.5 Å². The molecule has 1 aliphatic rings. The first-order chi connectivity index (χ1) is 8.72. The van der Waals surface area contributed by atoms with Gasteiger partial charge in [-0.25, -0.2) is 0 Å². The summed E-state index contributed by atoms with van der Waals surface area (Å²) in [7, 11) is 1.66. The topological polar surface area (TPSA) is 53.2 Å². The Morgan fingerprint density at radius 3 is 3.11 bits per heavy atom. The van der Waals surface area contributed by atoms with E-state index in [1.165, 1.54) is 23.2 Å². The fraction of sp³-hybridized carbons (Fsp3) is 0.500. The normalized spacial score (nSPS) is 15.4. The summed E-state index contributed by atoms with van der Waals surface area (Å²) in [5.74, 6) is 0.0211. The number of likely N-dealkylation sites (N-methyl/N-ethyl adjacent to an activating group) is 1. The van der Waals surface area contributed by atoms with Crippen LogP contribution >= 0.6 is 0 Å². The van der Waals surface area contributed by atoms with Crippen molar-refractivity contribution >= 4 is 11.6 Å². The van der Waals surface area contributed by atoms with E-state index in [-0.39, 0.29) is 11.9 Å². The highest BCUT2D eigenvalue weighted by Gasteiger charge is 2.14. The Labute approximate surface area is 108 Å². The van der Waals surface area contributed by atoms with Crippen LogP contribution in [0, 0.1) is 0 Å². The first kappa shape index (κ1) is 12.9. The Morgan fingerprint density at radius 1 is 1.50 bits per heavy atom. The van der Waals surface area contributed by atoms with E-state index in [4.69, 9.17) is 0 Å². The minimum Gasteiger partial charge on any atom is -0.385 e. The number of carbonyl (C=O) groups is 1. The maximum atomic E-state index is 11.4. The monoisotopic (exact) mass is 247 g/mol. The Balaban J connectivity index is 2.03. The molecule has 2 rings (SSSR count). The molecule has 4 heteroatoms. The molecule has 1 aromatic rings. The zero-order chi connectivity index (χ0) is 13.0. The molecule has 0 spiro atoms. The van der Waals surface area contributed by atoms with Crippen molar-refractivity contribution in [3.05, 3.63) is 29.3 Å². The summed E-state index contributed by atoms with van der Waals surface area (Å²) in [5, 5.41) is 9.35. The average molecular weight is 247 g/mol. The number of nitrogens with one attached hydrogen (secondary N) is 3. The summed E-state index contributed by atoms with van der Waals surface area (Å²) in [6.07, 6.45) is 2.33. The molecule has 0 bridgehead atoms. The number of anilines is 1. The van der Waals surface area contributed by atoms with Crippen molar-refractivity contribution < 1.29 is 4.79 Å². The molecule has 1 aromatic carbocycles. The molecule has 1 heterocycles. The van der Waals surface area contributed by atoms with Crippen LogP contribution in [-0.4, -0.2) is 25.5 Å². The second-order valence-electron chi connectivity index (χ2n) is 4.70. The largest absolute Gasteiger partial charge is 0.385 e. The second kappa shape index (κ2) is 5.87. The van der Waals surface area contributed by atoms with Crippen LogP contribution in [0.4, 0.5) is 5.69 Å². The predicted molar refractivity (Wildman–Crippen MR) is 73.6 cm³/mol. The third kappa shape index (κ3) is 2.82. The summed E-state index contributed by atoms with van der Waals surface area (Å²) < 4.78 is 0. The average Bonchev–Trinajstić information content (AvgIpc) is 2.43. The lowest BCUT2D eigenvalue weighted by Crippen LogP contribution is -2.40. The highest BCUT2D eigenvalue weighted by atomic mass is 16.2. The molecule has 0 aliphatic carbocycles. The van der Waals surface area contributed by atoms with Crippen LogP contribution < -0.4 is 16.0 Å². The van der Waals surface area contributed by atoms with Crippen molar-refractivity contribution in [2.75, 3.05) is 18.9 Å². The first-order valence-electron chi connectivity index (χ1n) is 6.52. The molecule has 18 heavy (non-hydrogen) atoms. The number of aryl methyl sites for hydroxylation is 1. The predicted octanol–water partition coefficient (Wildman–Crippen LogP) is 1.27. The van der Waals surface area contributed by atoms with Crippen molar-refractivity contribution in [1.82, 2.24) is 10.6 Å². The minimum atomic E-state index is -0.172. The number of para-hydroxylation sites is 1. The van der Waals surface area contributed by atoms with Crippen molar-refractivity contribution in [3.8, 4) is 0 Å². The van der Waals surface area contributed by atoms with E-state index >= 15 is 0 Å². The van der Waals surface area contributed by atoms with E-state index in [2.05, 4.69) is 34.1 Å². The standard InChI is InChI=1S/C14H21N3O/c1-10(14(18)15-2)17-9-12-6-3-5-11-7-4-8-16-13(11)12/h3,5-6,10,16-17H,4,7-9H2,1-2H3,(H,15,18). The molecule has 4 nitrogen and oxygen atoms in total. The quantitative estimate of drug-likeness (QED) is 0.751. The number of hydrogen-bond donors (Lipinski definition) is 3. The van der Waals surface area contributed by atoms with Gasteiger partial charge in [0, 0.05) is 25.8 Å². The molecule has 0 saturated carbocycles. The summed E-state index contributed by atoms with van der Waals surface area (Å²) in [4.78, 5) is 11.4. The van der Waals surface area contributed by atoms with Crippen LogP contribution in [0.15, 0.2) is 18.2 Å². The molecule has 3 N–H and O–H groups in total.